The summed E-state index contributed by atoms with van der Waals surface area (Å²) >= 11 is 0. The molecule has 1 radical (unpaired) electrons. The van der Waals surface area contributed by atoms with E-state index in [1.807, 2.05) is 13.8 Å². The summed E-state index contributed by atoms with van der Waals surface area (Å²) in [5, 5.41) is 17.3. The molecule has 0 bridgehead atoms. The molecule has 0 unspecified atom stereocenters. The van der Waals surface area contributed by atoms with Crippen LogP contribution >= 0.6 is 0 Å². The summed E-state index contributed by atoms with van der Waals surface area (Å²) in [4.78, 5) is 0. The third-order valence-corrected chi connectivity index (χ3v) is 1.62. The Balaban J connectivity index is -0.000000245. The molecule has 0 rings (SSSR count). The molecule has 0 amide bonds. The number of aliphatic hydroxyl groups excluding tert-OH is 2. The van der Waals surface area contributed by atoms with Gasteiger partial charge in [-0.15, -0.1) is 0 Å². The molecule has 2 N–H and O–H groups in total. The summed E-state index contributed by atoms with van der Waals surface area (Å²) in [7, 11) is 0. The third kappa shape index (κ3) is 4.86. The van der Waals surface area contributed by atoms with Gasteiger partial charge in [0.2, 0.25) is 0 Å². The van der Waals surface area contributed by atoms with E-state index >= 15 is 0 Å². The first-order chi connectivity index (χ1) is 3.68. The van der Waals surface area contributed by atoms with Gasteiger partial charge in [-0.1, -0.05) is 13.8 Å². The van der Waals surface area contributed by atoms with Crippen LogP contribution in [0.15, 0.2) is 0 Å². The Labute approximate surface area is 81.5 Å². The molecule has 0 aliphatic carbocycles. The van der Waals surface area contributed by atoms with Crippen LogP contribution in [-0.2, 0) is 32.7 Å². The van der Waals surface area contributed by atoms with E-state index in [0.717, 1.165) is 6.42 Å². The Morgan fingerprint density at radius 2 is 1.50 bits per heavy atom. The maximum absolute atomic E-state index is 8.63. The van der Waals surface area contributed by atoms with Crippen molar-refractivity contribution in [2.75, 3.05) is 13.2 Å². The predicted octanol–water partition coefficient (Wildman–Crippen LogP) is 0.385. The SMILES string of the molecule is CCC(C)(CO)CO.[Rf].[Y]. The van der Waals surface area contributed by atoms with Crippen molar-refractivity contribution in [2.24, 2.45) is 5.41 Å². The summed E-state index contributed by atoms with van der Waals surface area (Å²) in [6, 6.07) is 0. The largest absolute Gasteiger partial charge is 0.396 e. The molecule has 0 aromatic carbocycles. The third-order valence-electron chi connectivity index (χ3n) is 1.62. The van der Waals surface area contributed by atoms with Gasteiger partial charge in [-0.3, -0.25) is 0 Å². The Bertz CT molecular complexity index is 58.5. The van der Waals surface area contributed by atoms with E-state index in [9.17, 15) is 0 Å². The van der Waals surface area contributed by atoms with Crippen molar-refractivity contribution >= 4 is 0 Å². The monoisotopic (exact) mass is 474 g/mol. The Morgan fingerprint density at radius 1 is 1.20 bits per heavy atom. The zero-order chi connectivity index (χ0) is 6.62. The number of hydrogen-bond donors (Lipinski definition) is 2. The quantitative estimate of drug-likeness (QED) is 0.622. The molecule has 4 heteroatoms. The zero-order valence-corrected chi connectivity index (χ0v) is 16.0. The molecule has 0 heterocycles. The van der Waals surface area contributed by atoms with E-state index in [0.29, 0.717) is 0 Å². The first kappa shape index (κ1) is 16.5. The Kier molecular flexibility index (Phi) is 11.8. The van der Waals surface area contributed by atoms with Gasteiger partial charge in [-0.05, 0) is 6.42 Å². The van der Waals surface area contributed by atoms with Crippen LogP contribution in [-0.4, -0.2) is 23.4 Å². The molecule has 0 aromatic heterocycles. The molecule has 0 spiro atoms. The van der Waals surface area contributed by atoms with Gasteiger partial charge in [0.05, 0.1) is 13.2 Å². The summed E-state index contributed by atoms with van der Waals surface area (Å²) in [6.45, 7) is 3.94. The van der Waals surface area contributed by atoms with E-state index in [1.165, 1.54) is 0 Å². The fourth-order valence-corrected chi connectivity index (χ4v) is 0.274. The van der Waals surface area contributed by atoms with Gasteiger partial charge in [0, 0.05) is 38.1 Å². The van der Waals surface area contributed by atoms with Crippen molar-refractivity contribution in [1.29, 1.82) is 0 Å². The predicted molar refractivity (Wildman–Crippen MR) is 32.6 cm³/mol. The first-order valence-corrected chi connectivity index (χ1v) is 2.90. The molecule has 10 heavy (non-hydrogen) atoms. The summed E-state index contributed by atoms with van der Waals surface area (Å²) in [5.41, 5.74) is -0.264. The maximum Gasteiger partial charge on any atom is 0.0506 e. The fourth-order valence-electron chi connectivity index (χ4n) is 0.274. The first-order valence-electron chi connectivity index (χ1n) is 2.90. The average Bonchev–Trinajstić information content (AvgIpc) is 1.87. The van der Waals surface area contributed by atoms with Gasteiger partial charge in [0.25, 0.3) is 0 Å². The number of rotatable bonds is 3. The van der Waals surface area contributed by atoms with Crippen molar-refractivity contribution in [3.63, 3.8) is 0 Å². The molecule has 0 atom stereocenters. The second-order valence-electron chi connectivity index (χ2n) is 2.48. The molecule has 2 nitrogen and oxygen atoms in total. The van der Waals surface area contributed by atoms with Gasteiger partial charge >= 0.3 is 0 Å². The number of hydrogen-bond acceptors (Lipinski definition) is 2. The molecular formula is C6H14O2RfY. The Morgan fingerprint density at radius 3 is 1.50 bits per heavy atom. The van der Waals surface area contributed by atoms with Gasteiger partial charge in [0.15, 0.2) is 0 Å². The van der Waals surface area contributed by atoms with Gasteiger partial charge in [0.1, 0.15) is 0 Å². The minimum Gasteiger partial charge on any atom is -0.396 e. The molecule has 0 aliphatic rings. The van der Waals surface area contributed by atoms with E-state index in [-0.39, 0.29) is 51.3 Å². The summed E-state index contributed by atoms with van der Waals surface area (Å²) in [5.74, 6) is 0. The molecule has 55 valence electrons. The summed E-state index contributed by atoms with van der Waals surface area (Å²) < 4.78 is 0. The van der Waals surface area contributed by atoms with Crippen molar-refractivity contribution in [3.05, 3.63) is 0 Å². The van der Waals surface area contributed by atoms with Crippen LogP contribution in [0.2, 0.25) is 0 Å². The Hall–Kier alpha value is 0.0239. The average molecular weight is 474 g/mol. The van der Waals surface area contributed by atoms with Crippen LogP contribution in [0, 0.1) is 5.41 Å². The maximum atomic E-state index is 8.63. The van der Waals surface area contributed by atoms with Gasteiger partial charge in [-0.2, -0.15) is 0 Å². The second kappa shape index (κ2) is 7.13. The van der Waals surface area contributed by atoms with Crippen LogP contribution < -0.4 is 0 Å². The van der Waals surface area contributed by atoms with Crippen LogP contribution in [0.1, 0.15) is 20.3 Å². The molecule has 0 fully saturated rings. The van der Waals surface area contributed by atoms with E-state index in [4.69, 9.17) is 10.2 Å². The number of aliphatic hydroxyl groups is 2. The summed E-state index contributed by atoms with van der Waals surface area (Å²) in [6.07, 6.45) is 0.819. The zero-order valence-electron chi connectivity index (χ0n) is 6.80. The van der Waals surface area contributed by atoms with E-state index < -0.39 is 0 Å². The topological polar surface area (TPSA) is 40.5 Å². The van der Waals surface area contributed by atoms with Crippen LogP contribution in [0.5, 0.6) is 0 Å². The fraction of sp³-hybridized carbons (Fsp3) is 1.00. The smallest absolute Gasteiger partial charge is 0.0506 e. The molecule has 0 aromatic rings. The molecule has 0 saturated carbocycles. The van der Waals surface area contributed by atoms with Crippen LogP contribution in [0.25, 0.3) is 0 Å². The molecule has 0 aliphatic heterocycles. The normalized spacial score (nSPS) is 9.60. The van der Waals surface area contributed by atoms with Gasteiger partial charge in [-0.25, -0.2) is 0 Å². The van der Waals surface area contributed by atoms with Crippen molar-refractivity contribution in [3.8, 4) is 0 Å². The van der Waals surface area contributed by atoms with E-state index in [2.05, 4.69) is 0 Å². The van der Waals surface area contributed by atoms with Crippen molar-refractivity contribution < 1.29 is 42.9 Å². The minimum absolute atomic E-state index is 0. The van der Waals surface area contributed by atoms with Crippen molar-refractivity contribution in [1.82, 2.24) is 0 Å². The van der Waals surface area contributed by atoms with Crippen LogP contribution in [0.4, 0.5) is 0 Å². The van der Waals surface area contributed by atoms with E-state index in [1.54, 1.807) is 0 Å². The minimum atomic E-state index is -0.264. The van der Waals surface area contributed by atoms with Crippen LogP contribution in [0.3, 0.4) is 0 Å². The molecule has 0 saturated heterocycles. The standard InChI is InChI=1S/C6H14O2.Rf.Y/c1-3-6(2,4-7)5-8;;/h7-8H,3-5H2,1-2H3;;. The van der Waals surface area contributed by atoms with Crippen molar-refractivity contribution in [2.45, 2.75) is 20.3 Å². The van der Waals surface area contributed by atoms with Gasteiger partial charge < -0.3 is 10.2 Å². The molecular weight excluding hydrogens is 460 g/mol. The second-order valence-corrected chi connectivity index (χ2v) is 2.48.